The van der Waals surface area contributed by atoms with Crippen LogP contribution in [0.25, 0.3) is 11.5 Å². The number of nitrogens with zero attached hydrogens (tertiary/aromatic N) is 2. The van der Waals surface area contributed by atoms with Crippen LogP contribution in [0.15, 0.2) is 46.0 Å². The zero-order valence-electron chi connectivity index (χ0n) is 16.6. The van der Waals surface area contributed by atoms with Crippen molar-refractivity contribution in [3.05, 3.63) is 58.7 Å². The van der Waals surface area contributed by atoms with Gasteiger partial charge in [-0.3, -0.25) is 4.79 Å². The number of anilines is 1. The molecule has 0 saturated carbocycles. The van der Waals surface area contributed by atoms with Gasteiger partial charge in [-0.2, -0.15) is 0 Å². The second-order valence-electron chi connectivity index (χ2n) is 6.61. The third kappa shape index (κ3) is 5.23. The van der Waals surface area contributed by atoms with Gasteiger partial charge in [0.2, 0.25) is 11.8 Å². The number of aromatic nitrogens is 2. The van der Waals surface area contributed by atoms with Crippen LogP contribution in [-0.2, 0) is 9.53 Å². The van der Waals surface area contributed by atoms with Crippen LogP contribution in [0.5, 0.6) is 0 Å². The maximum absolute atomic E-state index is 12.3. The molecular weight excluding hydrogens is 390 g/mol. The number of methoxy groups -OCH3 is 1. The fourth-order valence-corrected chi connectivity index (χ4v) is 3.36. The highest BCUT2D eigenvalue weighted by molar-refractivity contribution is 7.99. The molecule has 0 fully saturated rings. The Labute approximate surface area is 172 Å². The second kappa shape index (κ2) is 8.91. The topological polar surface area (TPSA) is 94.3 Å². The molecule has 0 saturated heterocycles. The number of carbonyl (C=O) groups is 2. The average Bonchev–Trinajstić information content (AvgIpc) is 3.16. The standard InChI is InChI=1S/C21H21N3O4S/c1-12-7-13(2)9-16(8-12)19-23-24-21(28-19)29-11-18(25)22-17-10-15(20(26)27-4)6-5-14(17)3/h5-10H,11H2,1-4H3,(H,22,25). The maximum atomic E-state index is 12.3. The molecule has 0 unspecified atom stereocenters. The molecule has 0 aliphatic carbocycles. The molecule has 1 heterocycles. The van der Waals surface area contributed by atoms with E-state index in [9.17, 15) is 9.59 Å². The van der Waals surface area contributed by atoms with E-state index in [2.05, 4.69) is 21.6 Å². The predicted molar refractivity (Wildman–Crippen MR) is 111 cm³/mol. The minimum atomic E-state index is -0.459. The molecule has 150 valence electrons. The summed E-state index contributed by atoms with van der Waals surface area (Å²) in [4.78, 5) is 24.0. The first-order valence-corrected chi connectivity index (χ1v) is 9.88. The lowest BCUT2D eigenvalue weighted by atomic mass is 10.1. The Hall–Kier alpha value is -3.13. The average molecular weight is 411 g/mol. The minimum absolute atomic E-state index is 0.0936. The van der Waals surface area contributed by atoms with Gasteiger partial charge < -0.3 is 14.5 Å². The number of nitrogens with one attached hydrogen (secondary N) is 1. The quantitative estimate of drug-likeness (QED) is 0.480. The Morgan fingerprint density at radius 2 is 1.79 bits per heavy atom. The van der Waals surface area contributed by atoms with E-state index in [0.717, 1.165) is 34.0 Å². The van der Waals surface area contributed by atoms with Crippen molar-refractivity contribution < 1.29 is 18.7 Å². The number of hydrogen-bond donors (Lipinski definition) is 1. The molecule has 0 atom stereocenters. The third-order valence-electron chi connectivity index (χ3n) is 4.13. The zero-order valence-corrected chi connectivity index (χ0v) is 17.4. The molecule has 1 amide bonds. The highest BCUT2D eigenvalue weighted by Crippen LogP contribution is 2.25. The number of amides is 1. The SMILES string of the molecule is COC(=O)c1ccc(C)c(NC(=O)CSc2nnc(-c3cc(C)cc(C)c3)o2)c1. The summed E-state index contributed by atoms with van der Waals surface area (Å²) in [5.41, 5.74) is 4.83. The van der Waals surface area contributed by atoms with E-state index in [4.69, 9.17) is 9.15 Å². The molecule has 1 N–H and O–H groups in total. The number of ether oxygens (including phenoxy) is 1. The predicted octanol–water partition coefficient (Wildman–Crippen LogP) is 4.18. The largest absolute Gasteiger partial charge is 0.465 e. The van der Waals surface area contributed by atoms with Crippen LogP contribution in [0.2, 0.25) is 0 Å². The van der Waals surface area contributed by atoms with Crippen molar-refractivity contribution in [3.63, 3.8) is 0 Å². The molecule has 8 heteroatoms. The molecule has 1 aromatic heterocycles. The van der Waals surface area contributed by atoms with E-state index < -0.39 is 5.97 Å². The Morgan fingerprint density at radius 1 is 1.07 bits per heavy atom. The molecule has 0 aliphatic rings. The Kier molecular flexibility index (Phi) is 6.33. The van der Waals surface area contributed by atoms with E-state index in [-0.39, 0.29) is 11.7 Å². The van der Waals surface area contributed by atoms with Gasteiger partial charge in [-0.1, -0.05) is 35.0 Å². The van der Waals surface area contributed by atoms with E-state index in [0.29, 0.717) is 22.4 Å². The van der Waals surface area contributed by atoms with Crippen LogP contribution in [0.4, 0.5) is 5.69 Å². The summed E-state index contributed by atoms with van der Waals surface area (Å²) >= 11 is 1.15. The van der Waals surface area contributed by atoms with Crippen LogP contribution in [0.1, 0.15) is 27.0 Å². The molecule has 0 aliphatic heterocycles. The van der Waals surface area contributed by atoms with E-state index >= 15 is 0 Å². The number of benzene rings is 2. The van der Waals surface area contributed by atoms with Gasteiger partial charge in [0.1, 0.15) is 0 Å². The molecular formula is C21H21N3O4S. The van der Waals surface area contributed by atoms with Crippen molar-refractivity contribution in [1.29, 1.82) is 0 Å². The molecule has 0 spiro atoms. The van der Waals surface area contributed by atoms with Crippen LogP contribution < -0.4 is 5.32 Å². The van der Waals surface area contributed by atoms with E-state index in [1.165, 1.54) is 7.11 Å². The molecule has 29 heavy (non-hydrogen) atoms. The number of esters is 1. The van der Waals surface area contributed by atoms with Crippen LogP contribution in [0, 0.1) is 20.8 Å². The monoisotopic (exact) mass is 411 g/mol. The van der Waals surface area contributed by atoms with Gasteiger partial charge in [-0.25, -0.2) is 4.79 Å². The lowest BCUT2D eigenvalue weighted by molar-refractivity contribution is -0.113. The van der Waals surface area contributed by atoms with Gasteiger partial charge in [0.05, 0.1) is 18.4 Å². The van der Waals surface area contributed by atoms with E-state index in [1.54, 1.807) is 18.2 Å². The van der Waals surface area contributed by atoms with Crippen molar-refractivity contribution in [2.24, 2.45) is 0 Å². The lowest BCUT2D eigenvalue weighted by Gasteiger charge is -2.09. The number of rotatable bonds is 6. The summed E-state index contributed by atoms with van der Waals surface area (Å²) in [6.45, 7) is 5.85. The summed E-state index contributed by atoms with van der Waals surface area (Å²) in [7, 11) is 1.31. The van der Waals surface area contributed by atoms with Crippen molar-refractivity contribution in [1.82, 2.24) is 10.2 Å². The number of thioether (sulfide) groups is 1. The van der Waals surface area contributed by atoms with Gasteiger partial charge in [0.15, 0.2) is 0 Å². The van der Waals surface area contributed by atoms with Crippen molar-refractivity contribution in [2.45, 2.75) is 26.0 Å². The first-order chi connectivity index (χ1) is 13.9. The third-order valence-corrected chi connectivity index (χ3v) is 4.95. The minimum Gasteiger partial charge on any atom is -0.465 e. The number of carbonyl (C=O) groups excluding carboxylic acids is 2. The molecule has 2 aromatic carbocycles. The Bertz CT molecular complexity index is 1040. The fraction of sp³-hybridized carbons (Fsp3) is 0.238. The van der Waals surface area contributed by atoms with Gasteiger partial charge in [-0.15, -0.1) is 10.2 Å². The highest BCUT2D eigenvalue weighted by Gasteiger charge is 2.14. The Morgan fingerprint density at radius 3 is 2.48 bits per heavy atom. The molecule has 0 bridgehead atoms. The maximum Gasteiger partial charge on any atom is 0.337 e. The van der Waals surface area contributed by atoms with Crippen LogP contribution >= 0.6 is 11.8 Å². The van der Waals surface area contributed by atoms with Crippen LogP contribution in [-0.4, -0.2) is 34.9 Å². The van der Waals surface area contributed by atoms with Crippen molar-refractivity contribution in [2.75, 3.05) is 18.2 Å². The number of aryl methyl sites for hydroxylation is 3. The lowest BCUT2D eigenvalue weighted by Crippen LogP contribution is -2.15. The van der Waals surface area contributed by atoms with Gasteiger partial charge >= 0.3 is 5.97 Å². The Balaban J connectivity index is 1.63. The van der Waals surface area contributed by atoms with Gasteiger partial charge in [0, 0.05) is 11.3 Å². The summed E-state index contributed by atoms with van der Waals surface area (Å²) in [6, 6.07) is 11.0. The molecule has 7 nitrogen and oxygen atoms in total. The summed E-state index contributed by atoms with van der Waals surface area (Å²) in [5, 5.41) is 11.2. The fourth-order valence-electron chi connectivity index (χ4n) is 2.80. The smallest absolute Gasteiger partial charge is 0.337 e. The zero-order chi connectivity index (χ0) is 21.0. The number of hydrogen-bond acceptors (Lipinski definition) is 7. The summed E-state index contributed by atoms with van der Waals surface area (Å²) in [6.07, 6.45) is 0. The summed E-state index contributed by atoms with van der Waals surface area (Å²) < 4.78 is 10.4. The van der Waals surface area contributed by atoms with E-state index in [1.807, 2.05) is 32.9 Å². The van der Waals surface area contributed by atoms with Crippen LogP contribution in [0.3, 0.4) is 0 Å². The highest BCUT2D eigenvalue weighted by atomic mass is 32.2. The molecule has 0 radical (unpaired) electrons. The molecule has 3 aromatic rings. The first-order valence-electron chi connectivity index (χ1n) is 8.89. The summed E-state index contributed by atoms with van der Waals surface area (Å²) in [5.74, 6) is -0.191. The van der Waals surface area contributed by atoms with Gasteiger partial charge in [-0.05, 0) is 50.6 Å². The first kappa shape index (κ1) is 20.6. The second-order valence-corrected chi connectivity index (χ2v) is 7.53. The van der Waals surface area contributed by atoms with Gasteiger partial charge in [0.25, 0.3) is 5.22 Å². The molecule has 3 rings (SSSR count). The van der Waals surface area contributed by atoms with Crippen molar-refractivity contribution in [3.8, 4) is 11.5 Å². The normalized spacial score (nSPS) is 10.6. The van der Waals surface area contributed by atoms with Crippen molar-refractivity contribution >= 4 is 29.3 Å².